The number of hydrogen-bond acceptors (Lipinski definition) is 6. The molecule has 0 aliphatic heterocycles. The van der Waals surface area contributed by atoms with Gasteiger partial charge in [-0.3, -0.25) is 0 Å². The number of nitrogens with zero attached hydrogens (tertiary/aromatic N) is 5. The minimum atomic E-state index is 0.0993. The van der Waals surface area contributed by atoms with Gasteiger partial charge in [0.25, 0.3) is 5.95 Å². The van der Waals surface area contributed by atoms with Gasteiger partial charge in [0, 0.05) is 10.6 Å². The molecule has 88 valence electrons. The second-order valence-corrected chi connectivity index (χ2v) is 3.49. The molecule has 0 saturated carbocycles. The molecule has 2 rings (SSSR count). The van der Waals surface area contributed by atoms with Gasteiger partial charge in [-0.15, -0.1) is 0 Å². The third kappa shape index (κ3) is 2.51. The predicted molar refractivity (Wildman–Crippen MR) is 63.2 cm³/mol. The van der Waals surface area contributed by atoms with Crippen molar-refractivity contribution in [2.75, 3.05) is 12.8 Å². The Labute approximate surface area is 102 Å². The number of anilines is 1. The number of tetrazole rings is 1. The van der Waals surface area contributed by atoms with E-state index in [0.717, 1.165) is 4.79 Å². The summed E-state index contributed by atoms with van der Waals surface area (Å²) in [5.41, 5.74) is 6.16. The second-order valence-electron chi connectivity index (χ2n) is 3.06. The van der Waals surface area contributed by atoms with Gasteiger partial charge in [-0.25, -0.2) is 0 Å². The van der Waals surface area contributed by atoms with Gasteiger partial charge < -0.3 is 10.5 Å². The number of benzene rings is 1. The van der Waals surface area contributed by atoms with Gasteiger partial charge in [0.15, 0.2) is 0 Å². The predicted octanol–water partition coefficient (Wildman–Crippen LogP) is 0.799. The second kappa shape index (κ2) is 4.79. The van der Waals surface area contributed by atoms with Crippen molar-refractivity contribution in [2.45, 2.75) is 0 Å². The summed E-state index contributed by atoms with van der Waals surface area (Å²) in [6, 6.07) is 5.18. The Morgan fingerprint density at radius 2 is 2.35 bits per heavy atom. The first kappa shape index (κ1) is 11.3. The first-order valence-electron chi connectivity index (χ1n) is 4.62. The van der Waals surface area contributed by atoms with Crippen molar-refractivity contribution in [1.82, 2.24) is 20.3 Å². The molecule has 0 spiro atoms. The molecule has 2 N–H and O–H groups in total. The molecule has 0 bridgehead atoms. The molecule has 0 fully saturated rings. The fourth-order valence-electron chi connectivity index (χ4n) is 1.19. The molecule has 0 saturated heterocycles. The summed E-state index contributed by atoms with van der Waals surface area (Å²) >= 11 is 5.88. The first-order chi connectivity index (χ1) is 8.20. The van der Waals surface area contributed by atoms with E-state index in [1.54, 1.807) is 25.3 Å². The summed E-state index contributed by atoms with van der Waals surface area (Å²) in [5, 5.41) is 15.0. The van der Waals surface area contributed by atoms with Crippen LogP contribution in [0.15, 0.2) is 23.3 Å². The molecule has 7 nitrogen and oxygen atoms in total. The van der Waals surface area contributed by atoms with Crippen molar-refractivity contribution in [2.24, 2.45) is 5.10 Å². The number of halogens is 1. The van der Waals surface area contributed by atoms with E-state index in [1.807, 2.05) is 0 Å². The van der Waals surface area contributed by atoms with E-state index in [4.69, 9.17) is 22.1 Å². The highest BCUT2D eigenvalue weighted by Crippen LogP contribution is 2.20. The number of aromatic nitrogens is 4. The molecular weight excluding hydrogens is 244 g/mol. The highest BCUT2D eigenvalue weighted by Gasteiger charge is 2.02. The molecule has 0 unspecified atom stereocenters. The normalized spacial score (nSPS) is 10.9. The van der Waals surface area contributed by atoms with E-state index in [1.165, 1.54) is 6.21 Å². The van der Waals surface area contributed by atoms with Gasteiger partial charge in [0.05, 0.1) is 13.3 Å². The highest BCUT2D eigenvalue weighted by molar-refractivity contribution is 6.30. The van der Waals surface area contributed by atoms with Crippen molar-refractivity contribution in [3.63, 3.8) is 0 Å². The quantitative estimate of drug-likeness (QED) is 0.816. The average molecular weight is 253 g/mol. The Balaban J connectivity index is 2.32. The Kier molecular flexibility index (Phi) is 3.20. The zero-order valence-corrected chi connectivity index (χ0v) is 9.66. The largest absolute Gasteiger partial charge is 0.496 e. The molecule has 1 aromatic heterocycles. The van der Waals surface area contributed by atoms with Crippen LogP contribution in [0.2, 0.25) is 5.02 Å². The van der Waals surface area contributed by atoms with Crippen LogP contribution < -0.4 is 10.5 Å². The minimum absolute atomic E-state index is 0.0993. The highest BCUT2D eigenvalue weighted by atomic mass is 35.5. The van der Waals surface area contributed by atoms with Crippen molar-refractivity contribution in [3.8, 4) is 5.75 Å². The van der Waals surface area contributed by atoms with Crippen LogP contribution in [-0.2, 0) is 0 Å². The van der Waals surface area contributed by atoms with Gasteiger partial charge >= 0.3 is 0 Å². The number of nitrogen functional groups attached to an aromatic ring is 1. The number of rotatable bonds is 3. The average Bonchev–Trinajstić information content (AvgIpc) is 2.72. The van der Waals surface area contributed by atoms with Gasteiger partial charge in [0.2, 0.25) is 0 Å². The monoisotopic (exact) mass is 252 g/mol. The van der Waals surface area contributed by atoms with E-state index in [2.05, 4.69) is 20.6 Å². The standard InChI is InChI=1S/C9H9ClN6O/c1-17-8-3-2-7(10)4-6(8)5-12-16-9(11)13-14-15-16/h2-5H,1H3,(H2,11,13,15)/b12-5-. The molecule has 0 radical (unpaired) electrons. The van der Waals surface area contributed by atoms with Crippen molar-refractivity contribution < 1.29 is 4.74 Å². The molecule has 0 atom stereocenters. The zero-order chi connectivity index (χ0) is 12.3. The SMILES string of the molecule is COc1ccc(Cl)cc1/C=N\n1nnnc1N. The fraction of sp³-hybridized carbons (Fsp3) is 0.111. The summed E-state index contributed by atoms with van der Waals surface area (Å²) in [6.45, 7) is 0. The van der Waals surface area contributed by atoms with Crippen molar-refractivity contribution in [1.29, 1.82) is 0 Å². The number of hydrogen-bond donors (Lipinski definition) is 1. The van der Waals surface area contributed by atoms with Crippen LogP contribution in [0.3, 0.4) is 0 Å². The molecule has 0 aliphatic rings. The van der Waals surface area contributed by atoms with Gasteiger partial charge in [0.1, 0.15) is 5.75 Å². The molecule has 0 amide bonds. The number of nitrogens with two attached hydrogens (primary N) is 1. The summed E-state index contributed by atoms with van der Waals surface area (Å²) in [7, 11) is 1.56. The van der Waals surface area contributed by atoms with Gasteiger partial charge in [-0.05, 0) is 28.6 Å². The van der Waals surface area contributed by atoms with E-state index in [0.29, 0.717) is 16.3 Å². The first-order valence-corrected chi connectivity index (χ1v) is 5.00. The lowest BCUT2D eigenvalue weighted by Gasteiger charge is -2.03. The zero-order valence-electron chi connectivity index (χ0n) is 8.91. The van der Waals surface area contributed by atoms with Crippen molar-refractivity contribution in [3.05, 3.63) is 28.8 Å². The lowest BCUT2D eigenvalue weighted by molar-refractivity contribution is 0.414. The third-order valence-corrected chi connectivity index (χ3v) is 2.21. The summed E-state index contributed by atoms with van der Waals surface area (Å²) in [4.78, 5) is 1.10. The maximum absolute atomic E-state index is 5.88. The maximum atomic E-state index is 5.88. The van der Waals surface area contributed by atoms with Crippen LogP contribution in [0.5, 0.6) is 5.75 Å². The van der Waals surface area contributed by atoms with Crippen LogP contribution >= 0.6 is 11.6 Å². The van der Waals surface area contributed by atoms with Crippen LogP contribution in [0.4, 0.5) is 5.95 Å². The van der Waals surface area contributed by atoms with E-state index in [-0.39, 0.29) is 5.95 Å². The maximum Gasteiger partial charge on any atom is 0.263 e. The van der Waals surface area contributed by atoms with E-state index >= 15 is 0 Å². The molecule has 1 aromatic carbocycles. The molecule has 0 aliphatic carbocycles. The van der Waals surface area contributed by atoms with Crippen molar-refractivity contribution >= 4 is 23.8 Å². The van der Waals surface area contributed by atoms with E-state index < -0.39 is 0 Å². The van der Waals surface area contributed by atoms with E-state index in [9.17, 15) is 0 Å². The Morgan fingerprint density at radius 3 is 3.00 bits per heavy atom. The van der Waals surface area contributed by atoms with Crippen LogP contribution in [0, 0.1) is 0 Å². The molecule has 17 heavy (non-hydrogen) atoms. The van der Waals surface area contributed by atoms with Gasteiger partial charge in [-0.1, -0.05) is 21.5 Å². The molecule has 8 heteroatoms. The van der Waals surface area contributed by atoms with Crippen LogP contribution in [0.1, 0.15) is 5.56 Å². The Morgan fingerprint density at radius 1 is 1.53 bits per heavy atom. The molecular formula is C9H9ClN6O. The molecule has 2 aromatic rings. The molecule has 1 heterocycles. The lowest BCUT2D eigenvalue weighted by Crippen LogP contribution is -2.00. The van der Waals surface area contributed by atoms with Crippen LogP contribution in [-0.4, -0.2) is 33.6 Å². The summed E-state index contributed by atoms with van der Waals surface area (Å²) < 4.78 is 5.16. The summed E-state index contributed by atoms with van der Waals surface area (Å²) in [5.74, 6) is 0.743. The Hall–Kier alpha value is -2.15. The third-order valence-electron chi connectivity index (χ3n) is 1.97. The topological polar surface area (TPSA) is 91.2 Å². The lowest BCUT2D eigenvalue weighted by atomic mass is 10.2. The minimum Gasteiger partial charge on any atom is -0.496 e. The van der Waals surface area contributed by atoms with Gasteiger partial charge in [-0.2, -0.15) is 5.10 Å². The number of ether oxygens (including phenoxy) is 1. The Bertz CT molecular complexity index is 552. The smallest absolute Gasteiger partial charge is 0.263 e. The number of methoxy groups -OCH3 is 1. The van der Waals surface area contributed by atoms with Crippen LogP contribution in [0.25, 0.3) is 0 Å². The fourth-order valence-corrected chi connectivity index (χ4v) is 1.38. The summed E-state index contributed by atoms with van der Waals surface area (Å²) in [6.07, 6.45) is 1.51.